The van der Waals surface area contributed by atoms with E-state index in [2.05, 4.69) is 10.4 Å². The number of hydrogen-bond acceptors (Lipinski definition) is 4. The summed E-state index contributed by atoms with van der Waals surface area (Å²) in [7, 11) is 0. The third-order valence-electron chi connectivity index (χ3n) is 2.99. The number of nitrogens with one attached hydrogen (secondary N) is 1. The highest BCUT2D eigenvalue weighted by molar-refractivity contribution is 5.32. The van der Waals surface area contributed by atoms with Gasteiger partial charge in [-0.2, -0.15) is 0 Å². The first-order valence-corrected chi connectivity index (χ1v) is 6.09. The predicted octanol–water partition coefficient (Wildman–Crippen LogP) is 1.42. The van der Waals surface area contributed by atoms with Gasteiger partial charge in [0.25, 0.3) is 0 Å². The molecule has 0 bridgehead atoms. The molecule has 100 valence electrons. The van der Waals surface area contributed by atoms with Crippen LogP contribution in [0.5, 0.6) is 0 Å². The number of hydrogen-bond donors (Lipinski definition) is 3. The summed E-state index contributed by atoms with van der Waals surface area (Å²) in [5.74, 6) is 5.80. The Morgan fingerprint density at radius 1 is 1.21 bits per heavy atom. The first-order chi connectivity index (χ1) is 9.19. The minimum atomic E-state index is -0.211. The van der Waals surface area contributed by atoms with Gasteiger partial charge in [0.2, 0.25) is 0 Å². The van der Waals surface area contributed by atoms with Crippen molar-refractivity contribution in [2.24, 2.45) is 5.84 Å². The van der Waals surface area contributed by atoms with Gasteiger partial charge in [0.05, 0.1) is 0 Å². The molecule has 1 heterocycles. The lowest BCUT2D eigenvalue weighted by Gasteiger charge is -2.16. The van der Waals surface area contributed by atoms with E-state index in [-0.39, 0.29) is 11.9 Å². The zero-order chi connectivity index (χ0) is 13.7. The fraction of sp³-hybridized carbons (Fsp3) is 0.214. The van der Waals surface area contributed by atoms with Crippen molar-refractivity contribution in [3.8, 4) is 0 Å². The molecule has 0 spiro atoms. The average Bonchev–Trinajstić information content (AvgIpc) is 2.40. The van der Waals surface area contributed by atoms with Crippen LogP contribution in [0.1, 0.15) is 11.1 Å². The Morgan fingerprint density at radius 2 is 2.00 bits per heavy atom. The molecule has 0 saturated heterocycles. The minimum Gasteiger partial charge on any atom is -0.384 e. The number of nitrogens with zero attached hydrogens (tertiary/aromatic N) is 1. The standard InChI is InChI=1S/C14H17FN4/c15-13-4-2-1-3-11(13)9-12(19-17)7-10-5-6-18-14(16)8-10/h1-6,8,12,19H,7,9,17H2,(H2,16,18). The van der Waals surface area contributed by atoms with Gasteiger partial charge in [0.15, 0.2) is 0 Å². The van der Waals surface area contributed by atoms with Crippen molar-refractivity contribution < 1.29 is 4.39 Å². The van der Waals surface area contributed by atoms with Crippen molar-refractivity contribution >= 4 is 5.82 Å². The zero-order valence-corrected chi connectivity index (χ0v) is 10.5. The number of anilines is 1. The van der Waals surface area contributed by atoms with Crippen LogP contribution in [0.3, 0.4) is 0 Å². The summed E-state index contributed by atoms with van der Waals surface area (Å²) in [4.78, 5) is 3.94. The number of nitrogen functional groups attached to an aromatic ring is 1. The van der Waals surface area contributed by atoms with E-state index < -0.39 is 0 Å². The van der Waals surface area contributed by atoms with Crippen LogP contribution in [-0.4, -0.2) is 11.0 Å². The van der Waals surface area contributed by atoms with Crippen molar-refractivity contribution in [1.29, 1.82) is 0 Å². The highest BCUT2D eigenvalue weighted by Gasteiger charge is 2.11. The van der Waals surface area contributed by atoms with Gasteiger partial charge in [-0.3, -0.25) is 11.3 Å². The van der Waals surface area contributed by atoms with Crippen LogP contribution in [0.15, 0.2) is 42.6 Å². The van der Waals surface area contributed by atoms with E-state index in [0.29, 0.717) is 24.2 Å². The van der Waals surface area contributed by atoms with Gasteiger partial charge >= 0.3 is 0 Å². The van der Waals surface area contributed by atoms with E-state index in [1.165, 1.54) is 6.07 Å². The molecule has 0 radical (unpaired) electrons. The van der Waals surface area contributed by atoms with Crippen LogP contribution in [0.4, 0.5) is 10.2 Å². The van der Waals surface area contributed by atoms with Crippen LogP contribution in [-0.2, 0) is 12.8 Å². The summed E-state index contributed by atoms with van der Waals surface area (Å²) in [5, 5.41) is 0. The second-order valence-corrected chi connectivity index (χ2v) is 4.45. The molecule has 2 rings (SSSR count). The summed E-state index contributed by atoms with van der Waals surface area (Å²) in [6.07, 6.45) is 2.84. The quantitative estimate of drug-likeness (QED) is 0.561. The van der Waals surface area contributed by atoms with Crippen molar-refractivity contribution in [1.82, 2.24) is 10.4 Å². The largest absolute Gasteiger partial charge is 0.384 e. The number of hydrazine groups is 1. The third kappa shape index (κ3) is 3.74. The Bertz CT molecular complexity index is 544. The van der Waals surface area contributed by atoms with Gasteiger partial charge in [-0.1, -0.05) is 18.2 Å². The predicted molar refractivity (Wildman–Crippen MR) is 73.6 cm³/mol. The number of benzene rings is 1. The van der Waals surface area contributed by atoms with Gasteiger partial charge < -0.3 is 5.73 Å². The van der Waals surface area contributed by atoms with Crippen molar-refractivity contribution in [3.05, 3.63) is 59.5 Å². The number of rotatable bonds is 5. The highest BCUT2D eigenvalue weighted by Crippen LogP contribution is 2.12. The Hall–Kier alpha value is -1.98. The average molecular weight is 260 g/mol. The van der Waals surface area contributed by atoms with E-state index in [0.717, 1.165) is 5.56 Å². The maximum atomic E-state index is 13.6. The van der Waals surface area contributed by atoms with Crippen LogP contribution in [0, 0.1) is 5.82 Å². The number of aromatic nitrogens is 1. The van der Waals surface area contributed by atoms with E-state index in [1.54, 1.807) is 24.4 Å². The lowest BCUT2D eigenvalue weighted by atomic mass is 9.99. The van der Waals surface area contributed by atoms with Crippen LogP contribution >= 0.6 is 0 Å². The van der Waals surface area contributed by atoms with Crippen LogP contribution in [0.2, 0.25) is 0 Å². The molecule has 2 aromatic rings. The fourth-order valence-electron chi connectivity index (χ4n) is 2.03. The summed E-state index contributed by atoms with van der Waals surface area (Å²) in [5.41, 5.74) is 10.0. The lowest BCUT2D eigenvalue weighted by molar-refractivity contribution is 0.506. The first-order valence-electron chi connectivity index (χ1n) is 6.09. The van der Waals surface area contributed by atoms with Crippen LogP contribution < -0.4 is 17.0 Å². The Morgan fingerprint density at radius 3 is 2.68 bits per heavy atom. The molecule has 0 amide bonds. The van der Waals surface area contributed by atoms with Crippen molar-refractivity contribution in [2.75, 3.05) is 5.73 Å². The number of halogens is 1. The molecule has 1 unspecified atom stereocenters. The third-order valence-corrected chi connectivity index (χ3v) is 2.99. The maximum absolute atomic E-state index is 13.6. The number of nitrogens with two attached hydrogens (primary N) is 2. The first kappa shape index (κ1) is 13.5. The molecular formula is C14H17FN4. The molecule has 0 aliphatic rings. The lowest BCUT2D eigenvalue weighted by Crippen LogP contribution is -2.38. The minimum absolute atomic E-state index is 0.0568. The summed E-state index contributed by atoms with van der Waals surface area (Å²) >= 11 is 0. The van der Waals surface area contributed by atoms with Gasteiger partial charge in [-0.05, 0) is 42.2 Å². The topological polar surface area (TPSA) is 77.0 Å². The van der Waals surface area contributed by atoms with E-state index >= 15 is 0 Å². The van der Waals surface area contributed by atoms with E-state index in [1.807, 2.05) is 12.1 Å². The van der Waals surface area contributed by atoms with Gasteiger partial charge in [-0.15, -0.1) is 0 Å². The van der Waals surface area contributed by atoms with Gasteiger partial charge in [0.1, 0.15) is 11.6 Å². The molecule has 5 N–H and O–H groups in total. The molecule has 0 fully saturated rings. The summed E-state index contributed by atoms with van der Waals surface area (Å²) in [6.45, 7) is 0. The van der Waals surface area contributed by atoms with E-state index in [9.17, 15) is 4.39 Å². The molecule has 0 saturated carbocycles. The maximum Gasteiger partial charge on any atom is 0.126 e. The van der Waals surface area contributed by atoms with Crippen molar-refractivity contribution in [2.45, 2.75) is 18.9 Å². The van der Waals surface area contributed by atoms with Crippen LogP contribution in [0.25, 0.3) is 0 Å². The smallest absolute Gasteiger partial charge is 0.126 e. The molecule has 0 aliphatic carbocycles. The molecular weight excluding hydrogens is 243 g/mol. The summed E-state index contributed by atoms with van der Waals surface area (Å²) in [6, 6.07) is 10.3. The Kier molecular flexibility index (Phi) is 4.43. The normalized spacial score (nSPS) is 12.3. The second-order valence-electron chi connectivity index (χ2n) is 4.45. The SMILES string of the molecule is NNC(Cc1ccnc(N)c1)Cc1ccccc1F. The second kappa shape index (κ2) is 6.26. The Labute approximate surface area is 111 Å². The molecule has 4 nitrogen and oxygen atoms in total. The molecule has 0 aliphatic heterocycles. The fourth-order valence-corrected chi connectivity index (χ4v) is 2.03. The highest BCUT2D eigenvalue weighted by atomic mass is 19.1. The molecule has 5 heteroatoms. The summed E-state index contributed by atoms with van der Waals surface area (Å²) < 4.78 is 13.6. The molecule has 1 aromatic carbocycles. The zero-order valence-electron chi connectivity index (χ0n) is 10.5. The van der Waals surface area contributed by atoms with Gasteiger partial charge in [-0.25, -0.2) is 9.37 Å². The van der Waals surface area contributed by atoms with Crippen molar-refractivity contribution in [3.63, 3.8) is 0 Å². The Balaban J connectivity index is 2.07. The number of pyridine rings is 1. The van der Waals surface area contributed by atoms with E-state index in [4.69, 9.17) is 11.6 Å². The molecule has 19 heavy (non-hydrogen) atoms. The molecule has 1 atom stereocenters. The van der Waals surface area contributed by atoms with Gasteiger partial charge in [0, 0.05) is 12.2 Å². The molecule has 1 aromatic heterocycles. The monoisotopic (exact) mass is 260 g/mol.